The molecule has 0 unspecified atom stereocenters. The summed E-state index contributed by atoms with van der Waals surface area (Å²) in [6.07, 6.45) is 0.686. The average Bonchev–Trinajstić information content (AvgIpc) is 2.50. The van der Waals surface area contributed by atoms with E-state index in [2.05, 4.69) is 6.07 Å². The minimum Gasteiger partial charge on any atom is -0.450 e. The van der Waals surface area contributed by atoms with Gasteiger partial charge in [-0.2, -0.15) is 5.26 Å². The lowest BCUT2D eigenvalue weighted by Gasteiger charge is -2.37. The summed E-state index contributed by atoms with van der Waals surface area (Å²) >= 11 is 0. The SMILES string of the molecule is CCOC(=O)N1CCN(C(=O)C(C#N)(CC)CC)CC1. The number of rotatable bonds is 4. The van der Waals surface area contributed by atoms with E-state index < -0.39 is 5.41 Å². The second kappa shape index (κ2) is 7.13. The van der Waals surface area contributed by atoms with Crippen LogP contribution in [0, 0.1) is 16.7 Å². The van der Waals surface area contributed by atoms with Crippen LogP contribution < -0.4 is 0 Å². The van der Waals surface area contributed by atoms with E-state index in [1.165, 1.54) is 0 Å². The molecular weight excluding hydrogens is 258 g/mol. The lowest BCUT2D eigenvalue weighted by Crippen LogP contribution is -2.54. The fraction of sp³-hybridized carbons (Fsp3) is 0.786. The Kier molecular flexibility index (Phi) is 5.81. The number of hydrogen-bond acceptors (Lipinski definition) is 4. The number of amides is 2. The molecular formula is C14H23N3O3. The minimum absolute atomic E-state index is 0.117. The van der Waals surface area contributed by atoms with Gasteiger partial charge in [0.15, 0.2) is 0 Å². The zero-order chi connectivity index (χ0) is 15.2. The third kappa shape index (κ3) is 3.21. The van der Waals surface area contributed by atoms with Gasteiger partial charge in [-0.05, 0) is 19.8 Å². The first-order chi connectivity index (χ1) is 9.54. The molecule has 6 heteroatoms. The van der Waals surface area contributed by atoms with Crippen LogP contribution in [0.25, 0.3) is 0 Å². The van der Waals surface area contributed by atoms with Gasteiger partial charge in [0, 0.05) is 26.2 Å². The highest BCUT2D eigenvalue weighted by Gasteiger charge is 2.39. The molecule has 0 aromatic carbocycles. The maximum absolute atomic E-state index is 12.5. The normalized spacial score (nSPS) is 15.7. The summed E-state index contributed by atoms with van der Waals surface area (Å²) < 4.78 is 4.94. The van der Waals surface area contributed by atoms with Crippen molar-refractivity contribution in [2.24, 2.45) is 5.41 Å². The Hall–Kier alpha value is -1.77. The number of carbonyl (C=O) groups is 2. The first-order valence-electron chi connectivity index (χ1n) is 7.17. The molecule has 0 spiro atoms. The largest absolute Gasteiger partial charge is 0.450 e. The van der Waals surface area contributed by atoms with E-state index in [-0.39, 0.29) is 12.0 Å². The predicted octanol–water partition coefficient (Wildman–Crippen LogP) is 1.62. The highest BCUT2D eigenvalue weighted by Crippen LogP contribution is 2.28. The second-order valence-electron chi connectivity index (χ2n) is 4.88. The van der Waals surface area contributed by atoms with Crippen molar-refractivity contribution in [3.8, 4) is 6.07 Å². The van der Waals surface area contributed by atoms with Crippen LogP contribution in [-0.4, -0.2) is 54.6 Å². The second-order valence-corrected chi connectivity index (χ2v) is 4.88. The molecule has 2 amide bonds. The highest BCUT2D eigenvalue weighted by molar-refractivity contribution is 5.85. The van der Waals surface area contributed by atoms with E-state index in [4.69, 9.17) is 4.74 Å². The van der Waals surface area contributed by atoms with E-state index in [1.54, 1.807) is 16.7 Å². The molecule has 1 rings (SSSR count). The summed E-state index contributed by atoms with van der Waals surface area (Å²) in [6, 6.07) is 2.17. The molecule has 0 bridgehead atoms. The summed E-state index contributed by atoms with van der Waals surface area (Å²) in [5, 5.41) is 9.31. The molecule has 1 aliphatic heterocycles. The summed E-state index contributed by atoms with van der Waals surface area (Å²) in [5.41, 5.74) is -0.925. The van der Waals surface area contributed by atoms with Crippen LogP contribution in [0.1, 0.15) is 33.6 Å². The number of nitriles is 1. The van der Waals surface area contributed by atoms with Crippen LogP contribution in [0.3, 0.4) is 0 Å². The fourth-order valence-electron chi connectivity index (χ4n) is 2.37. The Morgan fingerprint density at radius 2 is 1.60 bits per heavy atom. The van der Waals surface area contributed by atoms with Crippen molar-refractivity contribution in [2.45, 2.75) is 33.6 Å². The van der Waals surface area contributed by atoms with Crippen LogP contribution in [0.15, 0.2) is 0 Å². The van der Waals surface area contributed by atoms with Crippen molar-refractivity contribution in [2.75, 3.05) is 32.8 Å². The summed E-state index contributed by atoms with van der Waals surface area (Å²) in [6.45, 7) is 7.67. The van der Waals surface area contributed by atoms with Crippen molar-refractivity contribution in [3.05, 3.63) is 0 Å². The summed E-state index contributed by atoms with van der Waals surface area (Å²) in [5.74, 6) is -0.117. The Morgan fingerprint density at radius 3 is 2.00 bits per heavy atom. The molecule has 6 nitrogen and oxygen atoms in total. The minimum atomic E-state index is -0.925. The van der Waals surface area contributed by atoms with E-state index >= 15 is 0 Å². The van der Waals surface area contributed by atoms with E-state index in [0.29, 0.717) is 45.6 Å². The third-order valence-electron chi connectivity index (χ3n) is 3.92. The smallest absolute Gasteiger partial charge is 0.409 e. The van der Waals surface area contributed by atoms with Crippen molar-refractivity contribution in [1.82, 2.24) is 9.80 Å². The molecule has 112 valence electrons. The molecule has 0 aromatic rings. The molecule has 1 saturated heterocycles. The maximum Gasteiger partial charge on any atom is 0.409 e. The average molecular weight is 281 g/mol. The summed E-state index contributed by atoms with van der Waals surface area (Å²) in [7, 11) is 0. The zero-order valence-corrected chi connectivity index (χ0v) is 12.5. The number of nitrogens with zero attached hydrogens (tertiary/aromatic N) is 3. The fourth-order valence-corrected chi connectivity index (χ4v) is 2.37. The lowest BCUT2D eigenvalue weighted by molar-refractivity contribution is -0.141. The third-order valence-corrected chi connectivity index (χ3v) is 3.92. The van der Waals surface area contributed by atoms with Gasteiger partial charge in [0.1, 0.15) is 5.41 Å². The molecule has 0 radical (unpaired) electrons. The topological polar surface area (TPSA) is 73.6 Å². The van der Waals surface area contributed by atoms with Gasteiger partial charge in [0.05, 0.1) is 12.7 Å². The van der Waals surface area contributed by atoms with Crippen LogP contribution in [0.5, 0.6) is 0 Å². The zero-order valence-electron chi connectivity index (χ0n) is 12.5. The van der Waals surface area contributed by atoms with E-state index in [1.807, 2.05) is 13.8 Å². The van der Waals surface area contributed by atoms with Crippen molar-refractivity contribution in [3.63, 3.8) is 0 Å². The van der Waals surface area contributed by atoms with Gasteiger partial charge >= 0.3 is 6.09 Å². The number of ether oxygens (including phenoxy) is 1. The predicted molar refractivity (Wildman–Crippen MR) is 73.8 cm³/mol. The van der Waals surface area contributed by atoms with Crippen molar-refractivity contribution in [1.29, 1.82) is 5.26 Å². The summed E-state index contributed by atoms with van der Waals surface area (Å²) in [4.78, 5) is 27.4. The molecule has 0 saturated carbocycles. The molecule has 20 heavy (non-hydrogen) atoms. The first-order valence-corrected chi connectivity index (χ1v) is 7.17. The Morgan fingerprint density at radius 1 is 1.10 bits per heavy atom. The molecule has 0 aliphatic carbocycles. The number of carbonyl (C=O) groups excluding carboxylic acids is 2. The van der Waals surface area contributed by atoms with E-state index in [9.17, 15) is 14.9 Å². The number of hydrogen-bond donors (Lipinski definition) is 0. The van der Waals surface area contributed by atoms with Gasteiger partial charge in [-0.25, -0.2) is 4.79 Å². The Bertz CT molecular complexity index is 391. The molecule has 0 N–H and O–H groups in total. The Balaban J connectivity index is 2.63. The quantitative estimate of drug-likeness (QED) is 0.784. The van der Waals surface area contributed by atoms with Gasteiger partial charge in [0.2, 0.25) is 5.91 Å². The first kappa shape index (κ1) is 16.3. The molecule has 1 fully saturated rings. The van der Waals surface area contributed by atoms with Crippen molar-refractivity contribution >= 4 is 12.0 Å². The molecule has 0 atom stereocenters. The molecule has 1 aliphatic rings. The maximum atomic E-state index is 12.5. The van der Waals surface area contributed by atoms with E-state index in [0.717, 1.165) is 0 Å². The van der Waals surface area contributed by atoms with Gasteiger partial charge < -0.3 is 14.5 Å². The van der Waals surface area contributed by atoms with Crippen LogP contribution in [0.2, 0.25) is 0 Å². The molecule has 1 heterocycles. The van der Waals surface area contributed by atoms with Crippen LogP contribution in [0.4, 0.5) is 4.79 Å². The Labute approximate surface area is 120 Å². The lowest BCUT2D eigenvalue weighted by atomic mass is 9.82. The molecule has 0 aromatic heterocycles. The van der Waals surface area contributed by atoms with Crippen LogP contribution >= 0.6 is 0 Å². The highest BCUT2D eigenvalue weighted by atomic mass is 16.6. The van der Waals surface area contributed by atoms with Gasteiger partial charge in [-0.15, -0.1) is 0 Å². The standard InChI is InChI=1S/C14H23N3O3/c1-4-14(5-2,11-15)12(18)16-7-9-17(10-8-16)13(19)20-6-3/h4-10H2,1-3H3. The number of piperazine rings is 1. The van der Waals surface area contributed by atoms with Gasteiger partial charge in [0.25, 0.3) is 0 Å². The van der Waals surface area contributed by atoms with Crippen molar-refractivity contribution < 1.29 is 14.3 Å². The van der Waals surface area contributed by atoms with Crippen LogP contribution in [-0.2, 0) is 9.53 Å². The van der Waals surface area contributed by atoms with Gasteiger partial charge in [-0.1, -0.05) is 13.8 Å². The monoisotopic (exact) mass is 281 g/mol. The van der Waals surface area contributed by atoms with Gasteiger partial charge in [-0.3, -0.25) is 4.79 Å².